The van der Waals surface area contributed by atoms with Crippen LogP contribution in [0, 0.1) is 13.8 Å². The van der Waals surface area contributed by atoms with Crippen molar-refractivity contribution in [3.05, 3.63) is 34.9 Å². The molecule has 0 saturated heterocycles. The van der Waals surface area contributed by atoms with Crippen molar-refractivity contribution < 1.29 is 9.32 Å². The van der Waals surface area contributed by atoms with Crippen LogP contribution in [0.1, 0.15) is 21.9 Å². The van der Waals surface area contributed by atoms with Gasteiger partial charge in [-0.15, -0.1) is 11.3 Å². The Morgan fingerprint density at radius 1 is 1.43 bits per heavy atom. The predicted octanol–water partition coefficient (Wildman–Crippen LogP) is 2.40. The summed E-state index contributed by atoms with van der Waals surface area (Å²) in [6.45, 7) is 3.68. The maximum atomic E-state index is 12.1. The Kier molecular flexibility index (Phi) is 3.30. The Labute approximate surface area is 124 Å². The number of nitrogens with one attached hydrogen (secondary N) is 1. The van der Waals surface area contributed by atoms with Gasteiger partial charge in [-0.25, -0.2) is 4.98 Å². The third kappa shape index (κ3) is 2.57. The molecular formula is C13H13N5O2S. The van der Waals surface area contributed by atoms with Crippen molar-refractivity contribution in [2.75, 3.05) is 5.32 Å². The van der Waals surface area contributed by atoms with Gasteiger partial charge < -0.3 is 9.84 Å². The van der Waals surface area contributed by atoms with Gasteiger partial charge in [-0.3, -0.25) is 9.48 Å². The van der Waals surface area contributed by atoms with Crippen LogP contribution in [0.4, 0.5) is 5.69 Å². The van der Waals surface area contributed by atoms with E-state index in [1.54, 1.807) is 29.5 Å². The van der Waals surface area contributed by atoms with Crippen molar-refractivity contribution >= 4 is 22.9 Å². The van der Waals surface area contributed by atoms with Crippen molar-refractivity contribution in [2.45, 2.75) is 13.8 Å². The molecule has 0 aromatic carbocycles. The third-order valence-electron chi connectivity index (χ3n) is 2.95. The molecule has 108 valence electrons. The topological polar surface area (TPSA) is 85.8 Å². The summed E-state index contributed by atoms with van der Waals surface area (Å²) in [7, 11) is 1.79. The number of nitrogens with zero attached hydrogens (tertiary/aromatic N) is 4. The van der Waals surface area contributed by atoms with Crippen LogP contribution < -0.4 is 5.32 Å². The quantitative estimate of drug-likeness (QED) is 0.803. The van der Waals surface area contributed by atoms with E-state index < -0.39 is 0 Å². The highest BCUT2D eigenvalue weighted by molar-refractivity contribution is 7.13. The molecule has 1 amide bonds. The molecule has 3 aromatic rings. The van der Waals surface area contributed by atoms with Gasteiger partial charge in [-0.05, 0) is 13.8 Å². The van der Waals surface area contributed by atoms with Crippen molar-refractivity contribution in [2.24, 2.45) is 7.05 Å². The Balaban J connectivity index is 1.83. The highest BCUT2D eigenvalue weighted by atomic mass is 32.1. The van der Waals surface area contributed by atoms with E-state index in [0.717, 1.165) is 16.3 Å². The fourth-order valence-corrected chi connectivity index (χ4v) is 2.91. The summed E-state index contributed by atoms with van der Waals surface area (Å²) in [5.74, 6) is 0.429. The van der Waals surface area contributed by atoms with Gasteiger partial charge in [0, 0.05) is 18.6 Å². The number of amides is 1. The van der Waals surface area contributed by atoms with Gasteiger partial charge in [-0.2, -0.15) is 5.10 Å². The van der Waals surface area contributed by atoms with Crippen LogP contribution in [0.2, 0.25) is 0 Å². The second kappa shape index (κ2) is 5.13. The largest absolute Gasteiger partial charge is 0.361 e. The van der Waals surface area contributed by atoms with E-state index in [1.807, 2.05) is 13.8 Å². The lowest BCUT2D eigenvalue weighted by atomic mass is 10.2. The Morgan fingerprint density at radius 2 is 2.24 bits per heavy atom. The van der Waals surface area contributed by atoms with Gasteiger partial charge >= 0.3 is 0 Å². The van der Waals surface area contributed by atoms with E-state index in [2.05, 4.69) is 20.6 Å². The van der Waals surface area contributed by atoms with Gasteiger partial charge in [0.25, 0.3) is 5.91 Å². The standard InChI is InChI=1S/C13H13N5O2S/c1-7-11(8(2)20-17-7)13-16-10(6-21-13)12(19)15-9-4-14-18(3)5-9/h4-6H,1-3H3,(H,15,19). The minimum absolute atomic E-state index is 0.266. The van der Waals surface area contributed by atoms with Crippen LogP contribution in [0.25, 0.3) is 10.6 Å². The minimum Gasteiger partial charge on any atom is -0.361 e. The highest BCUT2D eigenvalue weighted by Crippen LogP contribution is 2.29. The molecule has 0 aliphatic heterocycles. The Hall–Kier alpha value is -2.48. The normalized spacial score (nSPS) is 10.8. The first-order valence-electron chi connectivity index (χ1n) is 6.23. The summed E-state index contributed by atoms with van der Waals surface area (Å²) in [4.78, 5) is 16.5. The number of aromatic nitrogens is 4. The highest BCUT2D eigenvalue weighted by Gasteiger charge is 2.18. The fourth-order valence-electron chi connectivity index (χ4n) is 1.96. The van der Waals surface area contributed by atoms with E-state index >= 15 is 0 Å². The van der Waals surface area contributed by atoms with Gasteiger partial charge in [0.2, 0.25) is 0 Å². The van der Waals surface area contributed by atoms with Gasteiger partial charge in [0.15, 0.2) is 0 Å². The van der Waals surface area contributed by atoms with E-state index in [9.17, 15) is 4.79 Å². The lowest BCUT2D eigenvalue weighted by Gasteiger charge is -1.98. The first-order chi connectivity index (χ1) is 10.0. The zero-order valence-corrected chi connectivity index (χ0v) is 12.6. The summed E-state index contributed by atoms with van der Waals surface area (Å²) in [5, 5.41) is 13.1. The molecule has 0 unspecified atom stereocenters. The average Bonchev–Trinajstić information content (AvgIpc) is 3.12. The third-order valence-corrected chi connectivity index (χ3v) is 3.81. The lowest BCUT2D eigenvalue weighted by Crippen LogP contribution is -2.11. The molecule has 0 aliphatic carbocycles. The second-order valence-electron chi connectivity index (χ2n) is 4.59. The predicted molar refractivity (Wildman–Crippen MR) is 78.2 cm³/mol. The molecule has 3 aromatic heterocycles. The summed E-state index contributed by atoms with van der Waals surface area (Å²) in [5.41, 5.74) is 2.61. The number of hydrogen-bond acceptors (Lipinski definition) is 6. The molecule has 3 rings (SSSR count). The molecular weight excluding hydrogens is 290 g/mol. The molecule has 1 N–H and O–H groups in total. The van der Waals surface area contributed by atoms with Crippen LogP contribution >= 0.6 is 11.3 Å². The number of rotatable bonds is 3. The molecule has 0 aliphatic rings. The zero-order chi connectivity index (χ0) is 15.0. The number of aryl methyl sites for hydroxylation is 3. The average molecular weight is 303 g/mol. The minimum atomic E-state index is -0.266. The van der Waals surface area contributed by atoms with Crippen LogP contribution in [0.5, 0.6) is 0 Å². The van der Waals surface area contributed by atoms with Crippen LogP contribution in [0.15, 0.2) is 22.3 Å². The van der Waals surface area contributed by atoms with Gasteiger partial charge in [0.1, 0.15) is 16.5 Å². The molecule has 8 heteroatoms. The summed E-state index contributed by atoms with van der Waals surface area (Å²) in [6, 6.07) is 0. The SMILES string of the molecule is Cc1noc(C)c1-c1nc(C(=O)Nc2cnn(C)c2)cs1. The molecule has 3 heterocycles. The molecule has 0 saturated carbocycles. The van der Waals surface area contributed by atoms with Crippen LogP contribution in [0.3, 0.4) is 0 Å². The number of thiazole rings is 1. The van der Waals surface area contributed by atoms with Crippen molar-refractivity contribution in [3.63, 3.8) is 0 Å². The first-order valence-corrected chi connectivity index (χ1v) is 7.11. The van der Waals surface area contributed by atoms with Crippen molar-refractivity contribution in [1.82, 2.24) is 19.9 Å². The molecule has 21 heavy (non-hydrogen) atoms. The van der Waals surface area contributed by atoms with Crippen LogP contribution in [-0.2, 0) is 7.05 Å². The van der Waals surface area contributed by atoms with Gasteiger partial charge in [0.05, 0.1) is 23.1 Å². The Bertz CT molecular complexity index is 782. The molecule has 0 radical (unpaired) electrons. The summed E-state index contributed by atoms with van der Waals surface area (Å²) >= 11 is 1.39. The van der Waals surface area contributed by atoms with Crippen molar-refractivity contribution in [3.8, 4) is 10.6 Å². The maximum Gasteiger partial charge on any atom is 0.275 e. The number of hydrogen-bond donors (Lipinski definition) is 1. The summed E-state index contributed by atoms with van der Waals surface area (Å²) in [6.07, 6.45) is 3.30. The number of carbonyl (C=O) groups is 1. The monoisotopic (exact) mass is 303 g/mol. The van der Waals surface area contributed by atoms with Crippen molar-refractivity contribution in [1.29, 1.82) is 0 Å². The van der Waals surface area contributed by atoms with E-state index in [0.29, 0.717) is 17.1 Å². The molecule has 0 bridgehead atoms. The molecule has 7 nitrogen and oxygen atoms in total. The van der Waals surface area contributed by atoms with E-state index in [4.69, 9.17) is 4.52 Å². The van der Waals surface area contributed by atoms with Gasteiger partial charge in [-0.1, -0.05) is 5.16 Å². The Morgan fingerprint density at radius 3 is 2.86 bits per heavy atom. The number of anilines is 1. The first kappa shape index (κ1) is 13.5. The summed E-state index contributed by atoms with van der Waals surface area (Å²) < 4.78 is 6.74. The van der Waals surface area contributed by atoms with E-state index in [1.165, 1.54) is 11.3 Å². The molecule has 0 spiro atoms. The lowest BCUT2D eigenvalue weighted by molar-refractivity contribution is 0.102. The van der Waals surface area contributed by atoms with Crippen LogP contribution in [-0.4, -0.2) is 25.8 Å². The zero-order valence-electron chi connectivity index (χ0n) is 11.7. The molecule has 0 fully saturated rings. The smallest absolute Gasteiger partial charge is 0.275 e. The number of carbonyl (C=O) groups excluding carboxylic acids is 1. The molecule has 0 atom stereocenters. The second-order valence-corrected chi connectivity index (χ2v) is 5.45. The van der Waals surface area contributed by atoms with E-state index in [-0.39, 0.29) is 5.91 Å². The maximum absolute atomic E-state index is 12.1. The fraction of sp³-hybridized carbons (Fsp3) is 0.231.